The topological polar surface area (TPSA) is 44.5 Å². The zero-order valence-corrected chi connectivity index (χ0v) is 9.03. The molecule has 3 heteroatoms. The molecule has 0 saturated carbocycles. The van der Waals surface area contributed by atoms with Crippen LogP contribution >= 0.6 is 0 Å². The summed E-state index contributed by atoms with van der Waals surface area (Å²) in [5.41, 5.74) is 8.95. The smallest absolute Gasteiger partial charge is 0.183 e. The molecule has 1 aromatic rings. The second-order valence-electron chi connectivity index (χ2n) is 3.74. The number of aryl methyl sites for hydroxylation is 1. The molecule has 2 N–H and O–H groups in total. The number of nitrogens with two attached hydrogens (primary N) is 1. The molecular formula is C12H17NO2. The van der Waals surface area contributed by atoms with Crippen LogP contribution in [0.3, 0.4) is 0 Å². The van der Waals surface area contributed by atoms with Crippen molar-refractivity contribution in [1.29, 1.82) is 0 Å². The molecule has 0 bridgehead atoms. The molecular weight excluding hydrogens is 190 g/mol. The summed E-state index contributed by atoms with van der Waals surface area (Å²) in [4.78, 5) is 0. The van der Waals surface area contributed by atoms with Gasteiger partial charge < -0.3 is 15.2 Å². The highest BCUT2D eigenvalue weighted by Crippen LogP contribution is 2.25. The largest absolute Gasteiger partial charge is 0.398 e. The van der Waals surface area contributed by atoms with E-state index in [1.54, 1.807) is 0 Å². The third-order valence-electron chi connectivity index (χ3n) is 2.65. The highest BCUT2D eigenvalue weighted by atomic mass is 16.7. The van der Waals surface area contributed by atoms with Gasteiger partial charge in [0.15, 0.2) is 6.29 Å². The van der Waals surface area contributed by atoms with Gasteiger partial charge in [0.05, 0.1) is 13.2 Å². The minimum Gasteiger partial charge on any atom is -0.398 e. The van der Waals surface area contributed by atoms with Gasteiger partial charge in [-0.15, -0.1) is 0 Å². The minimum atomic E-state index is -0.230. The average molecular weight is 207 g/mol. The van der Waals surface area contributed by atoms with E-state index in [1.807, 2.05) is 18.2 Å². The number of nitrogen functional groups attached to an aromatic ring is 1. The average Bonchev–Trinajstić information content (AvgIpc) is 2.30. The Kier molecular flexibility index (Phi) is 3.23. The van der Waals surface area contributed by atoms with Crippen molar-refractivity contribution in [3.8, 4) is 0 Å². The molecule has 3 nitrogen and oxygen atoms in total. The van der Waals surface area contributed by atoms with Crippen molar-refractivity contribution >= 4 is 5.69 Å². The Morgan fingerprint density at radius 3 is 2.67 bits per heavy atom. The first-order valence-electron chi connectivity index (χ1n) is 5.42. The van der Waals surface area contributed by atoms with Crippen molar-refractivity contribution in [3.05, 3.63) is 29.3 Å². The molecule has 1 aromatic carbocycles. The molecule has 0 unspecified atom stereocenters. The molecule has 1 saturated heterocycles. The van der Waals surface area contributed by atoms with Crippen LogP contribution in [0.5, 0.6) is 0 Å². The minimum absolute atomic E-state index is 0.230. The molecule has 1 aliphatic heterocycles. The van der Waals surface area contributed by atoms with Crippen molar-refractivity contribution in [2.24, 2.45) is 0 Å². The van der Waals surface area contributed by atoms with Crippen LogP contribution in [0.4, 0.5) is 5.69 Å². The third-order valence-corrected chi connectivity index (χ3v) is 2.65. The van der Waals surface area contributed by atoms with Crippen molar-refractivity contribution < 1.29 is 9.47 Å². The summed E-state index contributed by atoms with van der Waals surface area (Å²) in [6.45, 7) is 3.62. The van der Waals surface area contributed by atoms with Crippen molar-refractivity contribution in [2.75, 3.05) is 18.9 Å². The number of hydrogen-bond acceptors (Lipinski definition) is 3. The highest BCUT2D eigenvalue weighted by Gasteiger charge is 2.16. The summed E-state index contributed by atoms with van der Waals surface area (Å²) in [5, 5.41) is 0. The maximum atomic E-state index is 5.93. The quantitative estimate of drug-likeness (QED) is 0.756. The standard InChI is InChI=1S/C12H17NO2/c1-2-9-4-5-10(8-11(9)13)12-14-6-3-7-15-12/h4-5,8,12H,2-3,6-7,13H2,1H3. The van der Waals surface area contributed by atoms with Crippen LogP contribution in [-0.2, 0) is 15.9 Å². The van der Waals surface area contributed by atoms with E-state index >= 15 is 0 Å². The molecule has 15 heavy (non-hydrogen) atoms. The van der Waals surface area contributed by atoms with Gasteiger partial charge in [-0.1, -0.05) is 19.1 Å². The van der Waals surface area contributed by atoms with Crippen LogP contribution in [0, 0.1) is 0 Å². The Bertz CT molecular complexity index is 332. The van der Waals surface area contributed by atoms with Gasteiger partial charge in [-0.3, -0.25) is 0 Å². The fourth-order valence-corrected chi connectivity index (χ4v) is 1.76. The lowest BCUT2D eigenvalue weighted by atomic mass is 10.1. The van der Waals surface area contributed by atoms with Crippen LogP contribution in [0.25, 0.3) is 0 Å². The van der Waals surface area contributed by atoms with E-state index in [0.29, 0.717) is 0 Å². The Morgan fingerprint density at radius 1 is 1.33 bits per heavy atom. The van der Waals surface area contributed by atoms with E-state index in [-0.39, 0.29) is 6.29 Å². The summed E-state index contributed by atoms with van der Waals surface area (Å²) in [6, 6.07) is 6.03. The van der Waals surface area contributed by atoms with Gasteiger partial charge in [-0.25, -0.2) is 0 Å². The molecule has 0 radical (unpaired) electrons. The van der Waals surface area contributed by atoms with Crippen LogP contribution in [0.1, 0.15) is 30.8 Å². The van der Waals surface area contributed by atoms with Crippen molar-refractivity contribution in [2.45, 2.75) is 26.1 Å². The van der Waals surface area contributed by atoms with Gasteiger partial charge in [0.25, 0.3) is 0 Å². The Hall–Kier alpha value is -1.06. The second-order valence-corrected chi connectivity index (χ2v) is 3.74. The van der Waals surface area contributed by atoms with Crippen LogP contribution in [0.15, 0.2) is 18.2 Å². The Balaban J connectivity index is 2.17. The summed E-state index contributed by atoms with van der Waals surface area (Å²) in [6.07, 6.45) is 1.70. The first-order valence-corrected chi connectivity index (χ1v) is 5.42. The molecule has 82 valence electrons. The predicted molar refractivity (Wildman–Crippen MR) is 59.5 cm³/mol. The lowest BCUT2D eigenvalue weighted by Gasteiger charge is -2.24. The molecule has 0 amide bonds. The Morgan fingerprint density at radius 2 is 2.07 bits per heavy atom. The van der Waals surface area contributed by atoms with Gasteiger partial charge in [0, 0.05) is 11.3 Å². The Labute approximate surface area is 90.2 Å². The SMILES string of the molecule is CCc1ccc(C2OCCCO2)cc1N. The molecule has 1 aliphatic rings. The zero-order chi connectivity index (χ0) is 10.7. The summed E-state index contributed by atoms with van der Waals surface area (Å²) < 4.78 is 11.0. The van der Waals surface area contributed by atoms with Gasteiger partial charge in [-0.05, 0) is 24.5 Å². The fraction of sp³-hybridized carbons (Fsp3) is 0.500. The zero-order valence-electron chi connectivity index (χ0n) is 9.03. The molecule has 2 rings (SSSR count). The van der Waals surface area contributed by atoms with E-state index in [4.69, 9.17) is 15.2 Å². The van der Waals surface area contributed by atoms with Crippen molar-refractivity contribution in [1.82, 2.24) is 0 Å². The number of benzene rings is 1. The highest BCUT2D eigenvalue weighted by molar-refractivity contribution is 5.49. The van der Waals surface area contributed by atoms with E-state index in [0.717, 1.165) is 37.3 Å². The first-order chi connectivity index (χ1) is 7.31. The number of ether oxygens (including phenoxy) is 2. The van der Waals surface area contributed by atoms with Crippen molar-refractivity contribution in [3.63, 3.8) is 0 Å². The number of hydrogen-bond donors (Lipinski definition) is 1. The van der Waals surface area contributed by atoms with Crippen LogP contribution in [-0.4, -0.2) is 13.2 Å². The van der Waals surface area contributed by atoms with Crippen LogP contribution < -0.4 is 5.73 Å². The summed E-state index contributed by atoms with van der Waals surface area (Å²) in [7, 11) is 0. The molecule has 0 aromatic heterocycles. The summed E-state index contributed by atoms with van der Waals surface area (Å²) >= 11 is 0. The molecule has 0 atom stereocenters. The van der Waals surface area contributed by atoms with E-state index in [9.17, 15) is 0 Å². The van der Waals surface area contributed by atoms with Gasteiger partial charge in [0.1, 0.15) is 0 Å². The first kappa shape index (κ1) is 10.5. The predicted octanol–water partition coefficient (Wildman–Crippen LogP) is 2.27. The molecule has 1 fully saturated rings. The third kappa shape index (κ3) is 2.30. The molecule has 0 spiro atoms. The van der Waals surface area contributed by atoms with Gasteiger partial charge >= 0.3 is 0 Å². The van der Waals surface area contributed by atoms with E-state index in [1.165, 1.54) is 5.56 Å². The maximum absolute atomic E-state index is 5.93. The van der Waals surface area contributed by atoms with Gasteiger partial charge in [0.2, 0.25) is 0 Å². The molecule has 1 heterocycles. The van der Waals surface area contributed by atoms with Gasteiger partial charge in [-0.2, -0.15) is 0 Å². The fourth-order valence-electron chi connectivity index (χ4n) is 1.76. The van der Waals surface area contributed by atoms with Crippen LogP contribution in [0.2, 0.25) is 0 Å². The lowest BCUT2D eigenvalue weighted by molar-refractivity contribution is -0.183. The lowest BCUT2D eigenvalue weighted by Crippen LogP contribution is -2.17. The summed E-state index contributed by atoms with van der Waals surface area (Å²) in [5.74, 6) is 0. The monoisotopic (exact) mass is 207 g/mol. The maximum Gasteiger partial charge on any atom is 0.183 e. The molecule has 0 aliphatic carbocycles. The number of anilines is 1. The van der Waals surface area contributed by atoms with E-state index < -0.39 is 0 Å². The van der Waals surface area contributed by atoms with E-state index in [2.05, 4.69) is 6.92 Å². The number of rotatable bonds is 2. The second kappa shape index (κ2) is 4.64. The normalized spacial score (nSPS) is 17.9.